The predicted octanol–water partition coefficient (Wildman–Crippen LogP) is 2.84. The molecule has 0 saturated heterocycles. The largest absolute Gasteiger partial charge is 0.368 e. The van der Waals surface area contributed by atoms with E-state index in [1.54, 1.807) is 19.1 Å². The van der Waals surface area contributed by atoms with E-state index in [0.717, 1.165) is 17.6 Å². The van der Waals surface area contributed by atoms with E-state index in [4.69, 9.17) is 0 Å². The third kappa shape index (κ3) is 3.06. The highest BCUT2D eigenvalue weighted by molar-refractivity contribution is 9.09. The van der Waals surface area contributed by atoms with Gasteiger partial charge in [0.1, 0.15) is 0 Å². The Hall–Kier alpha value is -0.550. The van der Waals surface area contributed by atoms with Gasteiger partial charge in [-0.15, -0.1) is 0 Å². The van der Waals surface area contributed by atoms with E-state index in [1.807, 2.05) is 12.1 Å². The molecule has 5 heteroatoms. The third-order valence-electron chi connectivity index (χ3n) is 3.22. The molecule has 1 aliphatic rings. The quantitative estimate of drug-likeness (QED) is 0.752. The van der Waals surface area contributed by atoms with Gasteiger partial charge >= 0.3 is 0 Å². The van der Waals surface area contributed by atoms with Crippen LogP contribution >= 0.6 is 15.9 Å². The zero-order chi connectivity index (χ0) is 13.2. The number of halogens is 1. The van der Waals surface area contributed by atoms with Crippen LogP contribution in [0, 0.1) is 0 Å². The fourth-order valence-electron chi connectivity index (χ4n) is 2.01. The maximum atomic E-state index is 11.7. The Labute approximate surface area is 117 Å². The molecule has 1 aromatic rings. The zero-order valence-corrected chi connectivity index (χ0v) is 12.9. The molecule has 0 N–H and O–H groups in total. The van der Waals surface area contributed by atoms with Gasteiger partial charge in [0.25, 0.3) is 0 Å². The molecule has 0 atom stereocenters. The van der Waals surface area contributed by atoms with Gasteiger partial charge in [-0.2, -0.15) is 0 Å². The molecule has 1 fully saturated rings. The molecule has 0 heterocycles. The standard InChI is InChI=1S/C13H18BrNO2S/c1-2-18(16,17)13-7-5-12(6-8-13)15(10-9-14)11-3-4-11/h5-8,11H,2-4,9-10H2,1H3. The van der Waals surface area contributed by atoms with E-state index >= 15 is 0 Å². The molecule has 0 spiro atoms. The average molecular weight is 332 g/mol. The number of nitrogens with zero attached hydrogens (tertiary/aromatic N) is 1. The number of hydrogen-bond acceptors (Lipinski definition) is 3. The molecule has 100 valence electrons. The lowest BCUT2D eigenvalue weighted by atomic mass is 10.3. The minimum absolute atomic E-state index is 0.153. The van der Waals surface area contributed by atoms with Gasteiger partial charge in [-0.1, -0.05) is 22.9 Å². The van der Waals surface area contributed by atoms with Crippen LogP contribution in [0.2, 0.25) is 0 Å². The van der Waals surface area contributed by atoms with Crippen LogP contribution in [0.4, 0.5) is 5.69 Å². The van der Waals surface area contributed by atoms with Crippen LogP contribution in [-0.2, 0) is 9.84 Å². The molecule has 0 amide bonds. The first-order valence-electron chi connectivity index (χ1n) is 6.24. The third-order valence-corrected chi connectivity index (χ3v) is 5.33. The highest BCUT2D eigenvalue weighted by Crippen LogP contribution is 2.32. The highest BCUT2D eigenvalue weighted by atomic mass is 79.9. The Balaban J connectivity index is 2.20. The molecule has 2 rings (SSSR count). The van der Waals surface area contributed by atoms with Crippen LogP contribution in [-0.4, -0.2) is 32.1 Å². The summed E-state index contributed by atoms with van der Waals surface area (Å²) in [5.74, 6) is 0.153. The SMILES string of the molecule is CCS(=O)(=O)c1ccc(N(CCBr)C2CC2)cc1. The second-order valence-electron chi connectivity index (χ2n) is 4.51. The molecule has 1 aromatic carbocycles. The van der Waals surface area contributed by atoms with Crippen molar-refractivity contribution in [2.45, 2.75) is 30.7 Å². The van der Waals surface area contributed by atoms with Gasteiger partial charge in [0, 0.05) is 23.6 Å². The monoisotopic (exact) mass is 331 g/mol. The molecule has 0 aromatic heterocycles. The van der Waals surface area contributed by atoms with E-state index < -0.39 is 9.84 Å². The predicted molar refractivity (Wildman–Crippen MR) is 78.3 cm³/mol. The maximum absolute atomic E-state index is 11.7. The first-order chi connectivity index (χ1) is 8.58. The summed E-state index contributed by atoms with van der Waals surface area (Å²) >= 11 is 3.46. The number of rotatable bonds is 6. The Morgan fingerprint density at radius 2 is 1.89 bits per heavy atom. The first kappa shape index (κ1) is 13.9. The second-order valence-corrected chi connectivity index (χ2v) is 7.58. The molecule has 18 heavy (non-hydrogen) atoms. The normalized spacial score (nSPS) is 15.7. The summed E-state index contributed by atoms with van der Waals surface area (Å²) in [5.41, 5.74) is 1.12. The molecule has 0 unspecified atom stereocenters. The summed E-state index contributed by atoms with van der Waals surface area (Å²) in [7, 11) is -3.09. The average Bonchev–Trinajstić information content (AvgIpc) is 3.20. The van der Waals surface area contributed by atoms with Crippen LogP contribution in [0.25, 0.3) is 0 Å². The molecule has 1 aliphatic carbocycles. The van der Waals surface area contributed by atoms with Gasteiger partial charge in [-0.25, -0.2) is 8.42 Å². The number of alkyl halides is 1. The Morgan fingerprint density at radius 1 is 1.28 bits per heavy atom. The van der Waals surface area contributed by atoms with E-state index in [1.165, 1.54) is 12.8 Å². The first-order valence-corrected chi connectivity index (χ1v) is 9.01. The van der Waals surface area contributed by atoms with Crippen molar-refractivity contribution in [3.05, 3.63) is 24.3 Å². The molecule has 0 aliphatic heterocycles. The summed E-state index contributed by atoms with van der Waals surface area (Å²) in [5, 5.41) is 0.929. The summed E-state index contributed by atoms with van der Waals surface area (Å²) in [4.78, 5) is 2.76. The van der Waals surface area contributed by atoms with Crippen molar-refractivity contribution >= 4 is 31.5 Å². The van der Waals surface area contributed by atoms with Gasteiger partial charge < -0.3 is 4.90 Å². The van der Waals surface area contributed by atoms with Gasteiger partial charge in [-0.05, 0) is 37.1 Å². The van der Waals surface area contributed by atoms with Crippen molar-refractivity contribution in [1.82, 2.24) is 0 Å². The Kier molecular flexibility index (Phi) is 4.33. The fourth-order valence-corrected chi connectivity index (χ4v) is 3.28. The lowest BCUT2D eigenvalue weighted by molar-refractivity contribution is 0.597. The van der Waals surface area contributed by atoms with Gasteiger partial charge in [0.05, 0.1) is 10.6 Å². The molecular weight excluding hydrogens is 314 g/mol. The molecular formula is C13H18BrNO2S. The van der Waals surface area contributed by atoms with Crippen LogP contribution in [0.15, 0.2) is 29.2 Å². The number of sulfone groups is 1. The Morgan fingerprint density at radius 3 is 2.33 bits per heavy atom. The highest BCUT2D eigenvalue weighted by Gasteiger charge is 2.28. The van der Waals surface area contributed by atoms with Crippen LogP contribution < -0.4 is 4.90 Å². The van der Waals surface area contributed by atoms with Crippen LogP contribution in [0.1, 0.15) is 19.8 Å². The molecule has 0 radical (unpaired) electrons. The van der Waals surface area contributed by atoms with Crippen molar-refractivity contribution in [3.8, 4) is 0 Å². The van der Waals surface area contributed by atoms with Crippen molar-refractivity contribution in [1.29, 1.82) is 0 Å². The van der Waals surface area contributed by atoms with Crippen molar-refractivity contribution in [2.24, 2.45) is 0 Å². The van der Waals surface area contributed by atoms with Gasteiger partial charge in [0.15, 0.2) is 9.84 Å². The maximum Gasteiger partial charge on any atom is 0.178 e. The summed E-state index contributed by atoms with van der Waals surface area (Å²) in [6, 6.07) is 7.92. The van der Waals surface area contributed by atoms with E-state index in [-0.39, 0.29) is 5.75 Å². The van der Waals surface area contributed by atoms with Crippen molar-refractivity contribution < 1.29 is 8.42 Å². The zero-order valence-electron chi connectivity index (χ0n) is 10.5. The number of anilines is 1. The molecule has 0 bridgehead atoms. The van der Waals surface area contributed by atoms with E-state index in [0.29, 0.717) is 10.9 Å². The molecule has 1 saturated carbocycles. The summed E-state index contributed by atoms with van der Waals surface area (Å²) in [6.45, 7) is 2.63. The van der Waals surface area contributed by atoms with Crippen LogP contribution in [0.3, 0.4) is 0 Å². The van der Waals surface area contributed by atoms with Crippen molar-refractivity contribution in [3.63, 3.8) is 0 Å². The smallest absolute Gasteiger partial charge is 0.178 e. The molecule has 3 nitrogen and oxygen atoms in total. The van der Waals surface area contributed by atoms with E-state index in [2.05, 4.69) is 20.8 Å². The number of hydrogen-bond donors (Lipinski definition) is 0. The van der Waals surface area contributed by atoms with E-state index in [9.17, 15) is 8.42 Å². The minimum atomic E-state index is -3.09. The fraction of sp³-hybridized carbons (Fsp3) is 0.538. The summed E-state index contributed by atoms with van der Waals surface area (Å²) < 4.78 is 23.5. The Bertz CT molecular complexity index is 494. The van der Waals surface area contributed by atoms with Gasteiger partial charge in [-0.3, -0.25) is 0 Å². The van der Waals surface area contributed by atoms with Crippen LogP contribution in [0.5, 0.6) is 0 Å². The number of benzene rings is 1. The van der Waals surface area contributed by atoms with Gasteiger partial charge in [0.2, 0.25) is 0 Å². The second kappa shape index (κ2) is 5.61. The lowest BCUT2D eigenvalue weighted by Gasteiger charge is -2.23. The summed E-state index contributed by atoms with van der Waals surface area (Å²) in [6.07, 6.45) is 2.48. The van der Waals surface area contributed by atoms with Crippen molar-refractivity contribution in [2.75, 3.05) is 22.5 Å². The minimum Gasteiger partial charge on any atom is -0.368 e. The topological polar surface area (TPSA) is 37.4 Å². The lowest BCUT2D eigenvalue weighted by Crippen LogP contribution is -2.27.